The average molecular weight is 195 g/mol. The summed E-state index contributed by atoms with van der Waals surface area (Å²) in [6.45, 7) is 0. The lowest BCUT2D eigenvalue weighted by Gasteiger charge is -2.23. The summed E-state index contributed by atoms with van der Waals surface area (Å²) >= 11 is 0. The molecule has 1 heteroatoms. The molecule has 1 heterocycles. The first kappa shape index (κ1) is 8.66. The molecule has 0 aromatic heterocycles. The van der Waals surface area contributed by atoms with E-state index >= 15 is 0 Å². The van der Waals surface area contributed by atoms with Gasteiger partial charge < -0.3 is 0 Å². The SMILES string of the molecule is C1=CC2=CC=[N+]C3C=CC=CC3C2C=C1. The van der Waals surface area contributed by atoms with Gasteiger partial charge in [0.15, 0.2) is 0 Å². The highest BCUT2D eigenvalue weighted by molar-refractivity contribution is 5.73. The first-order valence-electron chi connectivity index (χ1n) is 5.38. The number of nitrogens with zero attached hydrogens (tertiary/aromatic N) is 1. The third kappa shape index (κ3) is 1.44. The largest absolute Gasteiger partial charge is 0.245 e. The van der Waals surface area contributed by atoms with Gasteiger partial charge in [0.25, 0.3) is 0 Å². The molecule has 0 bridgehead atoms. The quantitative estimate of drug-likeness (QED) is 0.562. The zero-order valence-corrected chi connectivity index (χ0v) is 8.45. The van der Waals surface area contributed by atoms with E-state index < -0.39 is 0 Å². The van der Waals surface area contributed by atoms with Gasteiger partial charge in [0.2, 0.25) is 12.3 Å². The highest BCUT2D eigenvalue weighted by Crippen LogP contribution is 2.32. The molecule has 3 aliphatic rings. The third-order valence-electron chi connectivity index (χ3n) is 3.19. The van der Waals surface area contributed by atoms with Crippen LogP contribution in [-0.2, 0) is 0 Å². The third-order valence-corrected chi connectivity index (χ3v) is 3.19. The van der Waals surface area contributed by atoms with E-state index in [0.717, 1.165) is 0 Å². The van der Waals surface area contributed by atoms with Crippen LogP contribution in [0.15, 0.2) is 60.3 Å². The fourth-order valence-corrected chi connectivity index (χ4v) is 2.41. The van der Waals surface area contributed by atoms with Gasteiger partial charge in [-0.3, -0.25) is 0 Å². The molecule has 0 aromatic carbocycles. The maximum absolute atomic E-state index is 4.56. The summed E-state index contributed by atoms with van der Waals surface area (Å²) in [6, 6.07) is 0.310. The predicted molar refractivity (Wildman–Crippen MR) is 63.6 cm³/mol. The smallest absolute Gasteiger partial charge is 0.0761 e. The Morgan fingerprint density at radius 1 is 0.933 bits per heavy atom. The Hall–Kier alpha value is -1.63. The minimum Gasteiger partial charge on any atom is -0.0761 e. The van der Waals surface area contributed by atoms with E-state index in [2.05, 4.69) is 59.7 Å². The Morgan fingerprint density at radius 2 is 1.80 bits per heavy atom. The van der Waals surface area contributed by atoms with Gasteiger partial charge in [0.05, 0.1) is 5.92 Å². The number of aliphatic imine (C=N–C) groups is 1. The monoisotopic (exact) mass is 195 g/mol. The van der Waals surface area contributed by atoms with Crippen molar-refractivity contribution < 1.29 is 0 Å². The first-order valence-corrected chi connectivity index (χ1v) is 5.38. The number of hydrogen-bond donors (Lipinski definition) is 0. The van der Waals surface area contributed by atoms with Crippen LogP contribution in [0.5, 0.6) is 0 Å². The summed E-state index contributed by atoms with van der Waals surface area (Å²) in [5.41, 5.74) is 1.37. The second-order valence-corrected chi connectivity index (χ2v) is 4.07. The van der Waals surface area contributed by atoms with Gasteiger partial charge in [-0.15, -0.1) is 0 Å². The molecule has 3 atom stereocenters. The molecule has 0 fully saturated rings. The summed E-state index contributed by atoms with van der Waals surface area (Å²) in [6.07, 6.45) is 21.4. The van der Waals surface area contributed by atoms with E-state index in [1.165, 1.54) is 5.57 Å². The normalized spacial score (nSPS) is 35.7. The van der Waals surface area contributed by atoms with Crippen molar-refractivity contribution in [2.75, 3.05) is 0 Å². The molecule has 73 valence electrons. The van der Waals surface area contributed by atoms with Crippen molar-refractivity contribution in [3.8, 4) is 0 Å². The Morgan fingerprint density at radius 3 is 2.80 bits per heavy atom. The standard InChI is InChI=1S/C14H13N/c1-2-6-12-11(5-1)9-10-15-14-8-4-3-7-13(12)14/h1-10,12-14H/q+1. The van der Waals surface area contributed by atoms with Crippen LogP contribution in [0.1, 0.15) is 0 Å². The van der Waals surface area contributed by atoms with Crippen LogP contribution in [0.4, 0.5) is 0 Å². The minimum atomic E-state index is 0.310. The van der Waals surface area contributed by atoms with E-state index in [9.17, 15) is 0 Å². The molecule has 0 amide bonds. The fourth-order valence-electron chi connectivity index (χ4n) is 2.41. The molecule has 0 spiro atoms. The van der Waals surface area contributed by atoms with Gasteiger partial charge in [0.1, 0.15) is 0 Å². The van der Waals surface area contributed by atoms with Crippen LogP contribution < -0.4 is 4.99 Å². The van der Waals surface area contributed by atoms with Crippen molar-refractivity contribution in [3.05, 3.63) is 60.3 Å². The van der Waals surface area contributed by atoms with Crippen molar-refractivity contribution in [2.45, 2.75) is 6.04 Å². The Balaban J connectivity index is 2.03. The summed E-state index contributed by atoms with van der Waals surface area (Å²) in [5, 5.41) is 0. The lowest BCUT2D eigenvalue weighted by atomic mass is 9.78. The van der Waals surface area contributed by atoms with Crippen molar-refractivity contribution in [3.63, 3.8) is 0 Å². The van der Waals surface area contributed by atoms with E-state index in [0.29, 0.717) is 17.9 Å². The van der Waals surface area contributed by atoms with Crippen molar-refractivity contribution in [1.29, 1.82) is 0 Å². The van der Waals surface area contributed by atoms with Crippen molar-refractivity contribution in [1.82, 2.24) is 4.99 Å². The highest BCUT2D eigenvalue weighted by Gasteiger charge is 2.35. The first-order chi connectivity index (χ1) is 7.45. The molecule has 2 aliphatic carbocycles. The zero-order chi connectivity index (χ0) is 10.1. The molecule has 3 unspecified atom stereocenters. The summed E-state index contributed by atoms with van der Waals surface area (Å²) in [5.74, 6) is 0.977. The molecule has 3 rings (SSSR count). The second-order valence-electron chi connectivity index (χ2n) is 4.07. The highest BCUT2D eigenvalue weighted by atomic mass is 14.8. The van der Waals surface area contributed by atoms with Crippen molar-refractivity contribution >= 4 is 6.21 Å². The van der Waals surface area contributed by atoms with Gasteiger partial charge >= 0.3 is 0 Å². The summed E-state index contributed by atoms with van der Waals surface area (Å²) < 4.78 is 0. The van der Waals surface area contributed by atoms with Crippen LogP contribution in [0.25, 0.3) is 0 Å². The number of rotatable bonds is 0. The van der Waals surface area contributed by atoms with Gasteiger partial charge in [-0.2, -0.15) is 0 Å². The zero-order valence-electron chi connectivity index (χ0n) is 8.45. The van der Waals surface area contributed by atoms with Crippen LogP contribution in [-0.4, -0.2) is 12.3 Å². The molecular weight excluding hydrogens is 182 g/mol. The maximum atomic E-state index is 4.56. The van der Waals surface area contributed by atoms with Gasteiger partial charge in [0, 0.05) is 17.0 Å². The minimum absolute atomic E-state index is 0.310. The van der Waals surface area contributed by atoms with E-state index in [-0.39, 0.29) is 0 Å². The summed E-state index contributed by atoms with van der Waals surface area (Å²) in [7, 11) is 0. The molecule has 15 heavy (non-hydrogen) atoms. The number of hydrogen-bond acceptors (Lipinski definition) is 1. The molecule has 1 radical (unpaired) electrons. The molecule has 0 aromatic rings. The second kappa shape index (κ2) is 3.50. The molecule has 0 saturated carbocycles. The van der Waals surface area contributed by atoms with E-state index in [4.69, 9.17) is 0 Å². The Bertz CT molecular complexity index is 432. The molecular formula is C14H13N+. The number of allylic oxidation sites excluding steroid dienone is 8. The number of fused-ring (bicyclic) bond motifs is 3. The molecule has 1 aliphatic heterocycles. The van der Waals surface area contributed by atoms with Crippen LogP contribution in [0.2, 0.25) is 0 Å². The molecule has 0 saturated heterocycles. The average Bonchev–Trinajstić information content (AvgIpc) is 2.48. The molecule has 0 N–H and O–H groups in total. The lowest BCUT2D eigenvalue weighted by Crippen LogP contribution is -2.28. The van der Waals surface area contributed by atoms with Gasteiger partial charge in [-0.25, -0.2) is 0 Å². The van der Waals surface area contributed by atoms with Crippen molar-refractivity contribution in [2.24, 2.45) is 11.8 Å². The topological polar surface area (TPSA) is 14.1 Å². The Labute approximate surface area is 89.9 Å². The predicted octanol–water partition coefficient (Wildman–Crippen LogP) is 2.19. The van der Waals surface area contributed by atoms with E-state index in [1.54, 1.807) is 0 Å². The van der Waals surface area contributed by atoms with Crippen LogP contribution >= 0.6 is 0 Å². The Kier molecular flexibility index (Phi) is 2.02. The molecule has 1 nitrogen and oxygen atoms in total. The van der Waals surface area contributed by atoms with Gasteiger partial charge in [-0.1, -0.05) is 42.5 Å². The summed E-state index contributed by atoms with van der Waals surface area (Å²) in [4.78, 5) is 4.56. The maximum Gasteiger partial charge on any atom is 0.245 e. The lowest BCUT2D eigenvalue weighted by molar-refractivity contribution is 0.470. The van der Waals surface area contributed by atoms with Crippen LogP contribution in [0, 0.1) is 11.8 Å². The van der Waals surface area contributed by atoms with Gasteiger partial charge in [-0.05, 0) is 11.6 Å². The van der Waals surface area contributed by atoms with E-state index in [1.807, 2.05) is 6.21 Å². The van der Waals surface area contributed by atoms with Crippen LogP contribution in [0.3, 0.4) is 0 Å². The fraction of sp³-hybridized carbons (Fsp3) is 0.214.